The fraction of sp³-hybridized carbons (Fsp3) is 0.591. The third kappa shape index (κ3) is 5.37. The molecule has 0 atom stereocenters. The average Bonchev–Trinajstić information content (AvgIpc) is 2.67. The van der Waals surface area contributed by atoms with Crippen LogP contribution in [0, 0.1) is 0 Å². The number of anilines is 4. The highest BCUT2D eigenvalue weighted by atomic mass is 16.5. The molecule has 3 N–H and O–H groups in total. The number of morpholine rings is 1. The minimum atomic E-state index is 0.0462. The fourth-order valence-corrected chi connectivity index (χ4v) is 4.65. The number of hydrogen-bond donors (Lipinski definition) is 3. The Hall–Kier alpha value is -2.45. The summed E-state index contributed by atoms with van der Waals surface area (Å²) in [5.41, 5.74) is 1.04. The lowest BCUT2D eigenvalue weighted by Crippen LogP contribution is -2.60. The first kappa shape index (κ1) is 20.8. The maximum absolute atomic E-state index is 5.49. The van der Waals surface area contributed by atoms with Crippen molar-refractivity contribution in [2.24, 2.45) is 0 Å². The third-order valence-electron chi connectivity index (χ3n) is 5.47. The van der Waals surface area contributed by atoms with Crippen LogP contribution in [0.3, 0.4) is 0 Å². The lowest BCUT2D eigenvalue weighted by Gasteiger charge is -2.46. The van der Waals surface area contributed by atoms with Crippen molar-refractivity contribution in [3.8, 4) is 0 Å². The molecule has 3 heterocycles. The van der Waals surface area contributed by atoms with Gasteiger partial charge in [0.05, 0.1) is 13.2 Å². The van der Waals surface area contributed by atoms with Gasteiger partial charge in [0.25, 0.3) is 0 Å². The first-order valence-corrected chi connectivity index (χ1v) is 10.7. The molecular formula is C22H33N7O. The number of ether oxygens (including phenoxy) is 1. The van der Waals surface area contributed by atoms with E-state index in [1.165, 1.54) is 0 Å². The summed E-state index contributed by atoms with van der Waals surface area (Å²) in [5.74, 6) is 1.85. The largest absolute Gasteiger partial charge is 0.378 e. The van der Waals surface area contributed by atoms with E-state index in [0.29, 0.717) is 31.1 Å². The number of para-hydroxylation sites is 1. The first-order valence-electron chi connectivity index (χ1n) is 10.7. The molecule has 2 saturated heterocycles. The van der Waals surface area contributed by atoms with Crippen molar-refractivity contribution >= 4 is 23.5 Å². The predicted molar refractivity (Wildman–Crippen MR) is 121 cm³/mol. The summed E-state index contributed by atoms with van der Waals surface area (Å²) >= 11 is 0. The van der Waals surface area contributed by atoms with Gasteiger partial charge in [0.15, 0.2) is 0 Å². The fourth-order valence-electron chi connectivity index (χ4n) is 4.65. The monoisotopic (exact) mass is 411 g/mol. The van der Waals surface area contributed by atoms with Gasteiger partial charge in [-0.25, -0.2) is 0 Å². The molecule has 2 aliphatic rings. The van der Waals surface area contributed by atoms with Gasteiger partial charge < -0.3 is 25.6 Å². The van der Waals surface area contributed by atoms with Gasteiger partial charge in [-0.15, -0.1) is 0 Å². The molecule has 1 aromatic carbocycles. The van der Waals surface area contributed by atoms with Crippen molar-refractivity contribution in [2.75, 3.05) is 41.8 Å². The molecule has 8 nitrogen and oxygen atoms in total. The molecule has 0 saturated carbocycles. The van der Waals surface area contributed by atoms with Gasteiger partial charge in [0, 0.05) is 35.9 Å². The molecule has 2 aromatic rings. The van der Waals surface area contributed by atoms with E-state index in [1.807, 2.05) is 30.3 Å². The zero-order valence-corrected chi connectivity index (χ0v) is 18.4. The SMILES string of the molecule is CC1(C)CC(Nc2nc(Nc3ccccc3)nc(N3CCOCC3)n2)CC(C)(C)N1. The van der Waals surface area contributed by atoms with Gasteiger partial charge in [0.1, 0.15) is 0 Å². The molecule has 1 aromatic heterocycles. The summed E-state index contributed by atoms with van der Waals surface area (Å²) in [6.07, 6.45) is 1.99. The highest BCUT2D eigenvalue weighted by Gasteiger charge is 2.38. The minimum absolute atomic E-state index is 0.0462. The quantitative estimate of drug-likeness (QED) is 0.692. The average molecular weight is 412 g/mol. The number of aromatic nitrogens is 3. The second-order valence-corrected chi connectivity index (χ2v) is 9.52. The van der Waals surface area contributed by atoms with Crippen LogP contribution in [-0.4, -0.2) is 58.4 Å². The van der Waals surface area contributed by atoms with Crippen molar-refractivity contribution in [1.29, 1.82) is 0 Å². The van der Waals surface area contributed by atoms with Gasteiger partial charge in [-0.1, -0.05) is 18.2 Å². The maximum atomic E-state index is 5.49. The van der Waals surface area contributed by atoms with Crippen LogP contribution in [0.1, 0.15) is 40.5 Å². The molecule has 0 bridgehead atoms. The Labute approximate surface area is 178 Å². The van der Waals surface area contributed by atoms with E-state index in [9.17, 15) is 0 Å². The second kappa shape index (κ2) is 8.35. The summed E-state index contributed by atoms with van der Waals surface area (Å²) < 4.78 is 5.49. The summed E-state index contributed by atoms with van der Waals surface area (Å²) in [4.78, 5) is 16.3. The summed E-state index contributed by atoms with van der Waals surface area (Å²) in [5, 5.41) is 10.6. The topological polar surface area (TPSA) is 87.2 Å². The third-order valence-corrected chi connectivity index (χ3v) is 5.47. The van der Waals surface area contributed by atoms with Crippen LogP contribution < -0.4 is 20.9 Å². The maximum Gasteiger partial charge on any atom is 0.233 e. The second-order valence-electron chi connectivity index (χ2n) is 9.52. The minimum Gasteiger partial charge on any atom is -0.378 e. The van der Waals surface area contributed by atoms with E-state index < -0.39 is 0 Å². The standard InChI is InChI=1S/C22H33N7O/c1-21(2)14-17(15-22(3,4)28-21)24-19-25-18(23-16-8-6-5-7-9-16)26-20(27-19)29-10-12-30-13-11-29/h5-9,17,28H,10-15H2,1-4H3,(H2,23,24,25,26,27). The Morgan fingerprint density at radius 2 is 1.57 bits per heavy atom. The van der Waals surface area contributed by atoms with Gasteiger partial charge >= 0.3 is 0 Å². The van der Waals surface area contributed by atoms with E-state index in [2.05, 4.69) is 53.5 Å². The number of nitrogens with zero attached hydrogens (tertiary/aromatic N) is 4. The molecule has 4 rings (SSSR count). The summed E-state index contributed by atoms with van der Waals surface area (Å²) in [7, 11) is 0. The number of hydrogen-bond acceptors (Lipinski definition) is 8. The Balaban J connectivity index is 1.60. The lowest BCUT2D eigenvalue weighted by atomic mass is 9.80. The lowest BCUT2D eigenvalue weighted by molar-refractivity contribution is 0.122. The Morgan fingerprint density at radius 3 is 2.23 bits per heavy atom. The Kier molecular flexibility index (Phi) is 5.79. The van der Waals surface area contributed by atoms with Crippen molar-refractivity contribution < 1.29 is 4.74 Å². The van der Waals surface area contributed by atoms with Crippen molar-refractivity contribution in [2.45, 2.75) is 57.7 Å². The Morgan fingerprint density at radius 1 is 0.933 bits per heavy atom. The molecule has 8 heteroatoms. The number of benzene rings is 1. The van der Waals surface area contributed by atoms with E-state index in [0.717, 1.165) is 31.6 Å². The number of rotatable bonds is 5. The zero-order valence-electron chi connectivity index (χ0n) is 18.4. The van der Waals surface area contributed by atoms with Crippen LogP contribution in [0.2, 0.25) is 0 Å². The van der Waals surface area contributed by atoms with Crippen molar-refractivity contribution in [1.82, 2.24) is 20.3 Å². The van der Waals surface area contributed by atoms with Gasteiger partial charge in [0.2, 0.25) is 17.8 Å². The van der Waals surface area contributed by atoms with Crippen LogP contribution in [0.15, 0.2) is 30.3 Å². The molecule has 0 radical (unpaired) electrons. The van der Waals surface area contributed by atoms with Crippen LogP contribution in [-0.2, 0) is 4.74 Å². The van der Waals surface area contributed by atoms with Gasteiger partial charge in [-0.2, -0.15) is 15.0 Å². The molecule has 2 aliphatic heterocycles. The normalized spacial score (nSPS) is 21.3. The van der Waals surface area contributed by atoms with E-state index in [1.54, 1.807) is 0 Å². The molecule has 0 spiro atoms. The van der Waals surface area contributed by atoms with Crippen molar-refractivity contribution in [3.63, 3.8) is 0 Å². The number of nitrogens with one attached hydrogen (secondary N) is 3. The van der Waals surface area contributed by atoms with E-state index in [4.69, 9.17) is 14.7 Å². The smallest absolute Gasteiger partial charge is 0.233 e. The van der Waals surface area contributed by atoms with Gasteiger partial charge in [-0.05, 0) is 52.7 Å². The molecule has 2 fully saturated rings. The first-order chi connectivity index (χ1) is 14.3. The predicted octanol–water partition coefficient (Wildman–Crippen LogP) is 3.17. The van der Waals surface area contributed by atoms with Crippen LogP contribution in [0.4, 0.5) is 23.5 Å². The van der Waals surface area contributed by atoms with E-state index >= 15 is 0 Å². The molecule has 0 aliphatic carbocycles. The molecule has 30 heavy (non-hydrogen) atoms. The Bertz CT molecular complexity index is 834. The molecular weight excluding hydrogens is 378 g/mol. The molecule has 0 unspecified atom stereocenters. The van der Waals surface area contributed by atoms with Crippen LogP contribution in [0.25, 0.3) is 0 Å². The molecule has 0 amide bonds. The number of piperidine rings is 1. The van der Waals surface area contributed by atoms with Crippen LogP contribution >= 0.6 is 0 Å². The van der Waals surface area contributed by atoms with Crippen molar-refractivity contribution in [3.05, 3.63) is 30.3 Å². The zero-order chi connectivity index (χ0) is 21.2. The van der Waals surface area contributed by atoms with Gasteiger partial charge in [-0.3, -0.25) is 0 Å². The van der Waals surface area contributed by atoms with Crippen LogP contribution in [0.5, 0.6) is 0 Å². The molecule has 162 valence electrons. The van der Waals surface area contributed by atoms with E-state index in [-0.39, 0.29) is 17.1 Å². The summed E-state index contributed by atoms with van der Waals surface area (Å²) in [6, 6.07) is 10.3. The summed E-state index contributed by atoms with van der Waals surface area (Å²) in [6.45, 7) is 11.9. The highest BCUT2D eigenvalue weighted by molar-refractivity contribution is 5.55. The highest BCUT2D eigenvalue weighted by Crippen LogP contribution is 2.30.